The monoisotopic (exact) mass is 244 g/mol. The summed E-state index contributed by atoms with van der Waals surface area (Å²) in [7, 11) is 0. The molecule has 0 aliphatic carbocycles. The van der Waals surface area contributed by atoms with E-state index >= 15 is 0 Å². The maximum Gasteiger partial charge on any atom is 0.0542 e. The van der Waals surface area contributed by atoms with Crippen molar-refractivity contribution in [3.8, 4) is 0 Å². The van der Waals surface area contributed by atoms with Crippen molar-refractivity contribution in [3.63, 3.8) is 0 Å². The quantitative estimate of drug-likeness (QED) is 0.692. The van der Waals surface area contributed by atoms with Crippen molar-refractivity contribution in [2.45, 2.75) is 51.2 Å². The number of allylic oxidation sites excluding steroid dienone is 4. The number of fused-ring (bicyclic) bond motifs is 2. The summed E-state index contributed by atoms with van der Waals surface area (Å²) >= 11 is 0. The summed E-state index contributed by atoms with van der Waals surface area (Å²) in [5.74, 6) is 0. The molecule has 0 N–H and O–H groups in total. The molecule has 2 unspecified atom stereocenters. The van der Waals surface area contributed by atoms with E-state index < -0.39 is 0 Å². The number of nitrogens with zero attached hydrogens (tertiary/aromatic N) is 2. The van der Waals surface area contributed by atoms with Crippen LogP contribution < -0.4 is 0 Å². The molecule has 0 spiro atoms. The summed E-state index contributed by atoms with van der Waals surface area (Å²) in [6.07, 6.45) is 12.8. The zero-order chi connectivity index (χ0) is 13.2. The van der Waals surface area contributed by atoms with Gasteiger partial charge >= 0.3 is 0 Å². The highest BCUT2D eigenvalue weighted by atomic mass is 15.3. The molecule has 2 bridgehead atoms. The lowest BCUT2D eigenvalue weighted by Gasteiger charge is -2.44. The Labute approximate surface area is 111 Å². The fraction of sp³-hybridized carbons (Fsp3) is 0.562. The lowest BCUT2D eigenvalue weighted by molar-refractivity contribution is 0.114. The van der Waals surface area contributed by atoms with Gasteiger partial charge in [0.1, 0.15) is 0 Å². The van der Waals surface area contributed by atoms with E-state index in [1.807, 2.05) is 12.2 Å². The van der Waals surface area contributed by atoms with E-state index in [1.54, 1.807) is 0 Å². The van der Waals surface area contributed by atoms with Gasteiger partial charge in [0.2, 0.25) is 0 Å². The van der Waals surface area contributed by atoms with Gasteiger partial charge in [-0.3, -0.25) is 9.89 Å². The van der Waals surface area contributed by atoms with Crippen molar-refractivity contribution in [3.05, 3.63) is 36.5 Å². The first-order valence-corrected chi connectivity index (χ1v) is 6.82. The lowest BCUT2D eigenvalue weighted by Crippen LogP contribution is -2.54. The van der Waals surface area contributed by atoms with E-state index in [1.165, 1.54) is 18.4 Å². The number of aliphatic imine (C=N–C) groups is 1. The van der Waals surface area contributed by atoms with Gasteiger partial charge < -0.3 is 0 Å². The standard InChI is InChI=1S/C16H24N2/c1-5-6-7-8-13(2)16(3,4)18-14-9-10-15(18)12-17-11-14/h5-8,11,14-15H,1,9-10,12H2,2-4H3/b7-6-,13-8+. The van der Waals surface area contributed by atoms with Crippen LogP contribution in [0.15, 0.2) is 41.4 Å². The van der Waals surface area contributed by atoms with E-state index in [4.69, 9.17) is 0 Å². The molecule has 0 aromatic heterocycles. The SMILES string of the molecule is C=C/C=C\C=C(/C)C(C)(C)N1C2C=NCC1CC2. The molecule has 2 heterocycles. The van der Waals surface area contributed by atoms with Gasteiger partial charge in [0.15, 0.2) is 0 Å². The summed E-state index contributed by atoms with van der Waals surface area (Å²) in [5, 5.41) is 0. The number of hydrogen-bond acceptors (Lipinski definition) is 2. The Morgan fingerprint density at radius 2 is 2.17 bits per heavy atom. The zero-order valence-corrected chi connectivity index (χ0v) is 11.8. The molecule has 0 radical (unpaired) electrons. The predicted octanol–water partition coefficient (Wildman–Crippen LogP) is 3.37. The van der Waals surface area contributed by atoms with Crippen molar-refractivity contribution in [1.29, 1.82) is 0 Å². The van der Waals surface area contributed by atoms with Crippen LogP contribution in [0.4, 0.5) is 0 Å². The van der Waals surface area contributed by atoms with Crippen LogP contribution in [0.1, 0.15) is 33.6 Å². The van der Waals surface area contributed by atoms with Crippen molar-refractivity contribution in [2.24, 2.45) is 4.99 Å². The first-order valence-electron chi connectivity index (χ1n) is 6.82. The van der Waals surface area contributed by atoms with Gasteiger partial charge in [-0.1, -0.05) is 36.5 Å². The predicted molar refractivity (Wildman–Crippen MR) is 79.2 cm³/mol. The molecule has 2 atom stereocenters. The molecule has 0 saturated carbocycles. The largest absolute Gasteiger partial charge is 0.294 e. The minimum absolute atomic E-state index is 0.101. The van der Waals surface area contributed by atoms with Gasteiger partial charge in [-0.05, 0) is 33.6 Å². The van der Waals surface area contributed by atoms with Gasteiger partial charge in [0, 0.05) is 23.8 Å². The van der Waals surface area contributed by atoms with Crippen molar-refractivity contribution >= 4 is 6.21 Å². The molecule has 98 valence electrons. The summed E-state index contributed by atoms with van der Waals surface area (Å²) in [6.45, 7) is 11.5. The summed E-state index contributed by atoms with van der Waals surface area (Å²) in [6, 6.07) is 1.16. The van der Waals surface area contributed by atoms with Crippen LogP contribution >= 0.6 is 0 Å². The molecule has 0 aromatic rings. The van der Waals surface area contributed by atoms with E-state index in [9.17, 15) is 0 Å². The highest BCUT2D eigenvalue weighted by Gasteiger charge is 2.43. The van der Waals surface area contributed by atoms with Crippen LogP contribution in [-0.2, 0) is 0 Å². The van der Waals surface area contributed by atoms with Crippen LogP contribution in [0, 0.1) is 0 Å². The molecule has 0 aromatic carbocycles. The Hall–Kier alpha value is -1.15. The Balaban J connectivity index is 2.20. The molecular formula is C16H24N2. The van der Waals surface area contributed by atoms with Gasteiger partial charge in [-0.15, -0.1) is 0 Å². The minimum Gasteiger partial charge on any atom is -0.294 e. The summed E-state index contributed by atoms with van der Waals surface area (Å²) in [4.78, 5) is 7.13. The highest BCUT2D eigenvalue weighted by Crippen LogP contribution is 2.37. The second kappa shape index (κ2) is 5.23. The van der Waals surface area contributed by atoms with Crippen LogP contribution in [0.5, 0.6) is 0 Å². The number of hydrogen-bond donors (Lipinski definition) is 0. The topological polar surface area (TPSA) is 15.6 Å². The molecule has 0 amide bonds. The molecular weight excluding hydrogens is 220 g/mol. The fourth-order valence-electron chi connectivity index (χ4n) is 3.10. The maximum absolute atomic E-state index is 4.49. The van der Waals surface area contributed by atoms with E-state index in [0.29, 0.717) is 12.1 Å². The Bertz CT molecular complexity index is 401. The molecule has 1 fully saturated rings. The van der Waals surface area contributed by atoms with Crippen molar-refractivity contribution in [2.75, 3.05) is 6.54 Å². The van der Waals surface area contributed by atoms with Crippen LogP contribution in [0.25, 0.3) is 0 Å². The third-order valence-corrected chi connectivity index (χ3v) is 4.34. The second-order valence-electron chi connectivity index (χ2n) is 5.75. The van der Waals surface area contributed by atoms with E-state index in [2.05, 4.69) is 55.6 Å². The van der Waals surface area contributed by atoms with E-state index in [-0.39, 0.29) is 5.54 Å². The number of rotatable bonds is 4. The summed E-state index contributed by atoms with van der Waals surface area (Å²) < 4.78 is 0. The fourth-order valence-corrected chi connectivity index (χ4v) is 3.10. The van der Waals surface area contributed by atoms with Crippen LogP contribution in [-0.4, -0.2) is 35.3 Å². The van der Waals surface area contributed by atoms with Gasteiger partial charge in [-0.25, -0.2) is 0 Å². The van der Waals surface area contributed by atoms with Gasteiger partial charge in [-0.2, -0.15) is 0 Å². The van der Waals surface area contributed by atoms with Crippen molar-refractivity contribution < 1.29 is 0 Å². The minimum atomic E-state index is 0.101. The second-order valence-corrected chi connectivity index (χ2v) is 5.75. The molecule has 2 heteroatoms. The van der Waals surface area contributed by atoms with Crippen LogP contribution in [0.3, 0.4) is 0 Å². The lowest BCUT2D eigenvalue weighted by atomic mass is 9.90. The normalized spacial score (nSPS) is 29.2. The van der Waals surface area contributed by atoms with Crippen LogP contribution in [0.2, 0.25) is 0 Å². The average Bonchev–Trinajstić information content (AvgIpc) is 2.61. The molecule has 2 rings (SSSR count). The Morgan fingerprint density at radius 1 is 1.39 bits per heavy atom. The Morgan fingerprint density at radius 3 is 2.83 bits per heavy atom. The summed E-state index contributed by atoms with van der Waals surface area (Å²) in [5.41, 5.74) is 1.50. The molecule has 2 aliphatic rings. The molecule has 2 aliphatic heterocycles. The highest BCUT2D eigenvalue weighted by molar-refractivity contribution is 5.66. The Kier molecular flexibility index (Phi) is 3.86. The van der Waals surface area contributed by atoms with Gasteiger partial charge in [0.25, 0.3) is 0 Å². The smallest absolute Gasteiger partial charge is 0.0542 e. The zero-order valence-electron chi connectivity index (χ0n) is 11.8. The average molecular weight is 244 g/mol. The first kappa shape index (κ1) is 13.3. The van der Waals surface area contributed by atoms with Crippen molar-refractivity contribution in [1.82, 2.24) is 4.90 Å². The third kappa shape index (κ3) is 2.35. The molecule has 2 nitrogen and oxygen atoms in total. The molecule has 1 saturated heterocycles. The van der Waals surface area contributed by atoms with Gasteiger partial charge in [0.05, 0.1) is 6.54 Å². The first-order chi connectivity index (χ1) is 8.57. The third-order valence-electron chi connectivity index (χ3n) is 4.34. The van der Waals surface area contributed by atoms with E-state index in [0.717, 1.165) is 6.54 Å². The maximum atomic E-state index is 4.49. The molecule has 18 heavy (non-hydrogen) atoms.